The second-order valence-electron chi connectivity index (χ2n) is 5.16. The van der Waals surface area contributed by atoms with Gasteiger partial charge < -0.3 is 4.74 Å². The summed E-state index contributed by atoms with van der Waals surface area (Å²) in [7, 11) is -10.7. The minimum atomic E-state index is -5.98. The summed E-state index contributed by atoms with van der Waals surface area (Å²) < 4.78 is 87.8. The number of carbonyl (C=O) groups is 1. The van der Waals surface area contributed by atoms with Crippen molar-refractivity contribution in [3.63, 3.8) is 0 Å². The van der Waals surface area contributed by atoms with Crippen molar-refractivity contribution in [3.05, 3.63) is 12.2 Å². The maximum absolute atomic E-state index is 12.2. The number of rotatable bonds is 5. The Balaban J connectivity index is 2.70. The normalized spacial score (nSPS) is 23.3. The van der Waals surface area contributed by atoms with Crippen molar-refractivity contribution < 1.29 is 39.5 Å². The van der Waals surface area contributed by atoms with Crippen molar-refractivity contribution in [2.24, 2.45) is 0 Å². The molecule has 0 radical (unpaired) electrons. The fourth-order valence-corrected chi connectivity index (χ4v) is 5.02. The number of halogens is 3. The number of hydrogen-bond acceptors (Lipinski definition) is 6. The number of esters is 1. The second-order valence-corrected chi connectivity index (χ2v) is 9.06. The Morgan fingerprint density at radius 2 is 1.61 bits per heavy atom. The highest BCUT2D eigenvalue weighted by Gasteiger charge is 2.49. The Morgan fingerprint density at radius 3 is 2.00 bits per heavy atom. The summed E-state index contributed by atoms with van der Waals surface area (Å²) in [5, 5.41) is -1.31. The van der Waals surface area contributed by atoms with Crippen LogP contribution in [0.25, 0.3) is 0 Å². The lowest BCUT2D eigenvalue weighted by Gasteiger charge is -2.28. The van der Waals surface area contributed by atoms with Crippen molar-refractivity contribution in [2.75, 3.05) is 0 Å². The first-order valence-electron chi connectivity index (χ1n) is 6.46. The Kier molecular flexibility index (Phi) is 5.86. The van der Waals surface area contributed by atoms with Crippen LogP contribution in [0.1, 0.15) is 32.6 Å². The van der Waals surface area contributed by atoms with E-state index in [-0.39, 0.29) is 31.3 Å². The van der Waals surface area contributed by atoms with Crippen molar-refractivity contribution in [1.82, 2.24) is 4.13 Å². The zero-order chi connectivity index (χ0) is 18.1. The lowest BCUT2D eigenvalue weighted by molar-refractivity contribution is -0.145. The lowest BCUT2D eigenvalue weighted by Crippen LogP contribution is -2.45. The molecule has 0 heterocycles. The quantitative estimate of drug-likeness (QED) is 0.568. The lowest BCUT2D eigenvalue weighted by atomic mass is 9.97. The van der Waals surface area contributed by atoms with Crippen LogP contribution in [0, 0.1) is 0 Å². The molecule has 0 saturated heterocycles. The first-order valence-corrected chi connectivity index (χ1v) is 9.49. The van der Waals surface area contributed by atoms with Gasteiger partial charge in [-0.15, -0.1) is 4.13 Å². The highest BCUT2D eigenvalue weighted by molar-refractivity contribution is 8.05. The van der Waals surface area contributed by atoms with Gasteiger partial charge in [-0.05, 0) is 32.6 Å². The maximum Gasteiger partial charge on any atom is 0.512 e. The second kappa shape index (κ2) is 6.77. The molecule has 1 N–H and O–H groups in total. The van der Waals surface area contributed by atoms with Gasteiger partial charge in [-0.25, -0.2) is 21.6 Å². The van der Waals surface area contributed by atoms with E-state index in [1.54, 1.807) is 0 Å². The molecule has 134 valence electrons. The van der Waals surface area contributed by atoms with Gasteiger partial charge in [-0.3, -0.25) is 0 Å². The number of alkyl halides is 3. The standard InChI is InChI=1S/C11H16F3NO6S2/c1-7(2)10(16)21-8-3-5-9(6-4-8)22(17,18)15-23(19,20)11(12,13)14/h8-9,15H,1,3-6H2,2H3. The summed E-state index contributed by atoms with van der Waals surface area (Å²) in [5.74, 6) is -0.644. The van der Waals surface area contributed by atoms with Gasteiger partial charge in [0, 0.05) is 5.57 Å². The van der Waals surface area contributed by atoms with Crippen molar-refractivity contribution in [3.8, 4) is 0 Å². The van der Waals surface area contributed by atoms with Crippen LogP contribution in [0.2, 0.25) is 0 Å². The first kappa shape index (κ1) is 19.9. The minimum Gasteiger partial charge on any atom is -0.459 e. The molecule has 0 bridgehead atoms. The fourth-order valence-electron chi connectivity index (χ4n) is 1.98. The van der Waals surface area contributed by atoms with E-state index in [1.165, 1.54) is 6.92 Å². The Hall–Kier alpha value is -1.14. The van der Waals surface area contributed by atoms with Crippen LogP contribution in [-0.4, -0.2) is 39.7 Å². The van der Waals surface area contributed by atoms with E-state index < -0.39 is 42.9 Å². The number of hydrogen-bond donors (Lipinski definition) is 1. The third-order valence-corrected chi connectivity index (χ3v) is 6.98. The van der Waals surface area contributed by atoms with Crippen LogP contribution in [-0.2, 0) is 29.6 Å². The molecule has 1 rings (SSSR count). The Bertz CT molecular complexity index is 675. The fraction of sp³-hybridized carbons (Fsp3) is 0.727. The van der Waals surface area contributed by atoms with Crippen LogP contribution in [0.4, 0.5) is 13.2 Å². The smallest absolute Gasteiger partial charge is 0.459 e. The van der Waals surface area contributed by atoms with Crippen LogP contribution in [0.3, 0.4) is 0 Å². The van der Waals surface area contributed by atoms with E-state index in [0.29, 0.717) is 4.13 Å². The van der Waals surface area contributed by atoms with Gasteiger partial charge in [0.15, 0.2) is 0 Å². The largest absolute Gasteiger partial charge is 0.512 e. The minimum absolute atomic E-state index is 0.0939. The number of nitrogens with one attached hydrogen (secondary N) is 1. The van der Waals surface area contributed by atoms with Gasteiger partial charge in [0.25, 0.3) is 0 Å². The van der Waals surface area contributed by atoms with Crippen molar-refractivity contribution in [1.29, 1.82) is 0 Å². The predicted molar refractivity (Wildman–Crippen MR) is 74.0 cm³/mol. The predicted octanol–water partition coefficient (Wildman–Crippen LogP) is 1.19. The summed E-state index contributed by atoms with van der Waals surface area (Å²) in [6.45, 7) is 4.82. The number of ether oxygens (including phenoxy) is 1. The molecule has 0 unspecified atom stereocenters. The van der Waals surface area contributed by atoms with Crippen LogP contribution in [0.5, 0.6) is 0 Å². The van der Waals surface area contributed by atoms with Gasteiger partial charge in [0.1, 0.15) is 6.10 Å². The summed E-state index contributed by atoms with van der Waals surface area (Å²) in [4.78, 5) is 11.3. The molecule has 1 aliphatic rings. The van der Waals surface area contributed by atoms with Crippen molar-refractivity contribution >= 4 is 26.0 Å². The topological polar surface area (TPSA) is 107 Å². The zero-order valence-corrected chi connectivity index (χ0v) is 13.7. The average molecular weight is 379 g/mol. The van der Waals surface area contributed by atoms with E-state index >= 15 is 0 Å². The number of sulfonamides is 2. The Morgan fingerprint density at radius 1 is 1.13 bits per heavy atom. The van der Waals surface area contributed by atoms with Crippen LogP contribution in [0.15, 0.2) is 12.2 Å². The number of carbonyl (C=O) groups excluding carboxylic acids is 1. The molecule has 0 aromatic carbocycles. The van der Waals surface area contributed by atoms with E-state index in [2.05, 4.69) is 6.58 Å². The molecule has 1 saturated carbocycles. The molecule has 0 aliphatic heterocycles. The molecule has 0 aromatic heterocycles. The van der Waals surface area contributed by atoms with E-state index in [0.717, 1.165) is 0 Å². The highest BCUT2D eigenvalue weighted by atomic mass is 32.3. The molecule has 0 aromatic rings. The van der Waals surface area contributed by atoms with Crippen LogP contribution >= 0.6 is 0 Å². The molecule has 0 atom stereocenters. The van der Waals surface area contributed by atoms with Gasteiger partial charge >= 0.3 is 21.5 Å². The average Bonchev–Trinajstić information content (AvgIpc) is 2.36. The van der Waals surface area contributed by atoms with Gasteiger partial charge in [0.2, 0.25) is 10.0 Å². The van der Waals surface area contributed by atoms with E-state index in [9.17, 15) is 34.8 Å². The third kappa shape index (κ3) is 5.18. The molecule has 0 spiro atoms. The monoisotopic (exact) mass is 379 g/mol. The van der Waals surface area contributed by atoms with Gasteiger partial charge in [-0.2, -0.15) is 13.2 Å². The molecule has 23 heavy (non-hydrogen) atoms. The van der Waals surface area contributed by atoms with Gasteiger partial charge in [-0.1, -0.05) is 6.58 Å². The molecule has 1 fully saturated rings. The molecule has 12 heteroatoms. The van der Waals surface area contributed by atoms with E-state index in [1.807, 2.05) is 0 Å². The Labute approximate surface area is 132 Å². The van der Waals surface area contributed by atoms with Crippen molar-refractivity contribution in [2.45, 2.75) is 49.5 Å². The highest BCUT2D eigenvalue weighted by Crippen LogP contribution is 2.28. The van der Waals surface area contributed by atoms with Crippen LogP contribution < -0.4 is 4.13 Å². The first-order chi connectivity index (χ1) is 10.3. The zero-order valence-electron chi connectivity index (χ0n) is 12.1. The van der Waals surface area contributed by atoms with E-state index in [4.69, 9.17) is 4.74 Å². The molecular formula is C11H16F3NO6S2. The summed E-state index contributed by atoms with van der Waals surface area (Å²) in [6, 6.07) is 0. The summed E-state index contributed by atoms with van der Waals surface area (Å²) in [6.07, 6.45) is -0.647. The molecule has 0 amide bonds. The summed E-state index contributed by atoms with van der Waals surface area (Å²) >= 11 is 0. The maximum atomic E-state index is 12.2. The summed E-state index contributed by atoms with van der Waals surface area (Å²) in [5.41, 5.74) is -5.55. The molecular weight excluding hydrogens is 363 g/mol. The molecule has 7 nitrogen and oxygen atoms in total. The third-order valence-electron chi connectivity index (χ3n) is 3.21. The van der Waals surface area contributed by atoms with Gasteiger partial charge in [0.05, 0.1) is 5.25 Å². The molecule has 1 aliphatic carbocycles. The SMILES string of the molecule is C=C(C)C(=O)OC1CCC(S(=O)(=O)NS(=O)(=O)C(F)(F)F)CC1.